The Balaban J connectivity index is 2.70. The third kappa shape index (κ3) is 6.09. The summed E-state index contributed by atoms with van der Waals surface area (Å²) in [6, 6.07) is 4.97. The number of carboxylic acids is 1. The number of rotatable bonds is 6. The second-order valence-electron chi connectivity index (χ2n) is 4.84. The fourth-order valence-corrected chi connectivity index (χ4v) is 2.78. The molecule has 0 unspecified atom stereocenters. The fraction of sp³-hybridized carbons (Fsp3) is 0.429. The highest BCUT2D eigenvalue weighted by atomic mass is 127. The number of benzene rings is 1. The lowest BCUT2D eigenvalue weighted by atomic mass is 10.2. The van der Waals surface area contributed by atoms with E-state index in [1.807, 2.05) is 13.8 Å². The summed E-state index contributed by atoms with van der Waals surface area (Å²) in [5, 5.41) is 12.1. The van der Waals surface area contributed by atoms with Crippen molar-refractivity contribution >= 4 is 51.9 Å². The zero-order valence-corrected chi connectivity index (χ0v) is 14.8. The van der Waals surface area contributed by atoms with Gasteiger partial charge in [0.25, 0.3) is 0 Å². The molecule has 0 radical (unpaired) electrons. The predicted octanol–water partition coefficient (Wildman–Crippen LogP) is 4.05. The Morgan fingerprint density at radius 2 is 2.10 bits per heavy atom. The zero-order chi connectivity index (χ0) is 16.0. The van der Waals surface area contributed by atoms with Gasteiger partial charge >= 0.3 is 12.0 Å². The number of amides is 2. The molecule has 0 aliphatic rings. The SMILES string of the molecule is CC(C)N(CCCC(=O)O)C(=O)Nc1ccc(Cl)cc1I. The number of hydrogen-bond donors (Lipinski definition) is 2. The van der Waals surface area contributed by atoms with Crippen LogP contribution in [0.3, 0.4) is 0 Å². The second-order valence-corrected chi connectivity index (χ2v) is 6.44. The van der Waals surface area contributed by atoms with Crippen molar-refractivity contribution in [3.8, 4) is 0 Å². The normalized spacial score (nSPS) is 10.5. The summed E-state index contributed by atoms with van der Waals surface area (Å²) >= 11 is 7.98. The van der Waals surface area contributed by atoms with Gasteiger partial charge in [-0.1, -0.05) is 11.6 Å². The van der Waals surface area contributed by atoms with E-state index in [0.717, 1.165) is 3.57 Å². The van der Waals surface area contributed by atoms with E-state index in [1.165, 1.54) is 0 Å². The maximum atomic E-state index is 12.3. The molecule has 0 aliphatic heterocycles. The number of carbonyl (C=O) groups excluding carboxylic acids is 1. The van der Waals surface area contributed by atoms with Gasteiger partial charge in [-0.3, -0.25) is 4.79 Å². The van der Waals surface area contributed by atoms with E-state index in [2.05, 4.69) is 27.9 Å². The van der Waals surface area contributed by atoms with Gasteiger partial charge in [-0.05, 0) is 61.1 Å². The van der Waals surface area contributed by atoms with Gasteiger partial charge in [-0.25, -0.2) is 4.79 Å². The van der Waals surface area contributed by atoms with Crippen LogP contribution < -0.4 is 5.32 Å². The molecule has 0 heterocycles. The van der Waals surface area contributed by atoms with Crippen LogP contribution in [-0.2, 0) is 4.79 Å². The molecule has 0 bridgehead atoms. The summed E-state index contributed by atoms with van der Waals surface area (Å²) in [4.78, 5) is 24.5. The third-order valence-electron chi connectivity index (χ3n) is 2.85. The number of nitrogens with one attached hydrogen (secondary N) is 1. The first-order valence-electron chi connectivity index (χ1n) is 6.55. The molecule has 0 fully saturated rings. The fourth-order valence-electron chi connectivity index (χ4n) is 1.77. The van der Waals surface area contributed by atoms with E-state index in [1.54, 1.807) is 23.1 Å². The van der Waals surface area contributed by atoms with Gasteiger partial charge in [-0.2, -0.15) is 0 Å². The minimum absolute atomic E-state index is 0.0104. The molecule has 0 spiro atoms. The van der Waals surface area contributed by atoms with Crippen molar-refractivity contribution in [2.75, 3.05) is 11.9 Å². The van der Waals surface area contributed by atoms with Gasteiger partial charge in [0.1, 0.15) is 0 Å². The molecule has 5 nitrogen and oxygen atoms in total. The van der Waals surface area contributed by atoms with E-state index >= 15 is 0 Å². The molecule has 1 aromatic carbocycles. The van der Waals surface area contributed by atoms with Crippen LogP contribution in [0.5, 0.6) is 0 Å². The summed E-state index contributed by atoms with van der Waals surface area (Å²) in [5.74, 6) is -0.855. The first-order valence-corrected chi connectivity index (χ1v) is 8.01. The minimum atomic E-state index is -0.855. The molecular weight excluding hydrogens is 407 g/mol. The van der Waals surface area contributed by atoms with Crippen molar-refractivity contribution in [1.82, 2.24) is 4.90 Å². The molecular formula is C14H18ClIN2O3. The molecule has 1 rings (SSSR count). The quantitative estimate of drug-likeness (QED) is 0.677. The molecule has 7 heteroatoms. The lowest BCUT2D eigenvalue weighted by Gasteiger charge is -2.27. The molecule has 116 valence electrons. The first kappa shape index (κ1) is 18.0. The van der Waals surface area contributed by atoms with Crippen molar-refractivity contribution < 1.29 is 14.7 Å². The van der Waals surface area contributed by atoms with Gasteiger partial charge < -0.3 is 15.3 Å². The molecule has 0 saturated carbocycles. The monoisotopic (exact) mass is 424 g/mol. The molecule has 0 aliphatic carbocycles. The average Bonchev–Trinajstić information content (AvgIpc) is 2.37. The highest BCUT2D eigenvalue weighted by molar-refractivity contribution is 14.1. The van der Waals surface area contributed by atoms with Crippen LogP contribution in [0.25, 0.3) is 0 Å². The average molecular weight is 425 g/mol. The van der Waals surface area contributed by atoms with Crippen LogP contribution in [0, 0.1) is 3.57 Å². The van der Waals surface area contributed by atoms with Crippen molar-refractivity contribution in [1.29, 1.82) is 0 Å². The molecule has 2 amide bonds. The Hall–Kier alpha value is -1.02. The summed E-state index contributed by atoms with van der Waals surface area (Å²) in [6.45, 7) is 4.19. The number of carboxylic acid groups (broad SMARTS) is 1. The van der Waals surface area contributed by atoms with Gasteiger partial charge in [0.15, 0.2) is 0 Å². The Morgan fingerprint density at radius 3 is 2.62 bits per heavy atom. The summed E-state index contributed by atoms with van der Waals surface area (Å²) in [7, 11) is 0. The largest absolute Gasteiger partial charge is 0.481 e. The maximum Gasteiger partial charge on any atom is 0.322 e. The number of aliphatic carboxylic acids is 1. The van der Waals surface area contributed by atoms with Crippen LogP contribution >= 0.6 is 34.2 Å². The summed E-state index contributed by atoms with van der Waals surface area (Å²) in [6.07, 6.45) is 0.480. The molecule has 0 saturated heterocycles. The number of carbonyl (C=O) groups is 2. The first-order chi connectivity index (χ1) is 9.81. The predicted molar refractivity (Wildman–Crippen MR) is 91.9 cm³/mol. The van der Waals surface area contributed by atoms with Crippen LogP contribution in [0.4, 0.5) is 10.5 Å². The van der Waals surface area contributed by atoms with Crippen molar-refractivity contribution in [3.05, 3.63) is 26.8 Å². The third-order valence-corrected chi connectivity index (χ3v) is 3.97. The van der Waals surface area contributed by atoms with Gasteiger partial charge in [0.05, 0.1) is 5.69 Å². The Bertz CT molecular complexity index is 523. The van der Waals surface area contributed by atoms with Crippen LogP contribution in [0.2, 0.25) is 5.02 Å². The Labute approximate surface area is 142 Å². The van der Waals surface area contributed by atoms with Crippen LogP contribution in [-0.4, -0.2) is 34.6 Å². The van der Waals surface area contributed by atoms with Crippen molar-refractivity contribution in [2.45, 2.75) is 32.7 Å². The summed E-state index contributed by atoms with van der Waals surface area (Å²) in [5.41, 5.74) is 0.689. The van der Waals surface area contributed by atoms with Crippen LogP contribution in [0.1, 0.15) is 26.7 Å². The second kappa shape index (κ2) is 8.43. The Morgan fingerprint density at radius 1 is 1.43 bits per heavy atom. The molecule has 1 aromatic rings. The number of hydrogen-bond acceptors (Lipinski definition) is 2. The highest BCUT2D eigenvalue weighted by Crippen LogP contribution is 2.22. The maximum absolute atomic E-state index is 12.3. The minimum Gasteiger partial charge on any atom is -0.481 e. The van der Waals surface area contributed by atoms with E-state index in [9.17, 15) is 9.59 Å². The van der Waals surface area contributed by atoms with E-state index in [-0.39, 0.29) is 18.5 Å². The van der Waals surface area contributed by atoms with Crippen molar-refractivity contribution in [3.63, 3.8) is 0 Å². The topological polar surface area (TPSA) is 69.6 Å². The lowest BCUT2D eigenvalue weighted by molar-refractivity contribution is -0.137. The molecule has 21 heavy (non-hydrogen) atoms. The number of urea groups is 1. The lowest BCUT2D eigenvalue weighted by Crippen LogP contribution is -2.41. The standard InChI is InChI=1S/C14H18ClIN2O3/c1-9(2)18(7-3-4-13(19)20)14(21)17-12-6-5-10(15)8-11(12)16/h5-6,8-9H,3-4,7H2,1-2H3,(H,17,21)(H,19,20). The Kier molecular flexibility index (Phi) is 7.24. The van der Waals surface area contributed by atoms with Gasteiger partial charge in [-0.15, -0.1) is 0 Å². The zero-order valence-electron chi connectivity index (χ0n) is 11.9. The van der Waals surface area contributed by atoms with E-state index in [4.69, 9.17) is 16.7 Å². The van der Waals surface area contributed by atoms with Crippen molar-refractivity contribution in [2.24, 2.45) is 0 Å². The molecule has 0 aromatic heterocycles. The van der Waals surface area contributed by atoms with Crippen LogP contribution in [0.15, 0.2) is 18.2 Å². The summed E-state index contributed by atoms with van der Waals surface area (Å²) < 4.78 is 0.850. The molecule has 0 atom stereocenters. The number of halogens is 2. The van der Waals surface area contributed by atoms with E-state index in [0.29, 0.717) is 23.7 Å². The number of anilines is 1. The number of nitrogens with zero attached hydrogens (tertiary/aromatic N) is 1. The highest BCUT2D eigenvalue weighted by Gasteiger charge is 2.18. The van der Waals surface area contributed by atoms with Gasteiger partial charge in [0, 0.05) is 27.6 Å². The molecule has 2 N–H and O–H groups in total. The van der Waals surface area contributed by atoms with Gasteiger partial charge in [0.2, 0.25) is 0 Å². The smallest absolute Gasteiger partial charge is 0.322 e. The van der Waals surface area contributed by atoms with E-state index < -0.39 is 5.97 Å².